The molecule has 0 aromatic carbocycles. The van der Waals surface area contributed by atoms with Crippen LogP contribution in [-0.4, -0.2) is 33.7 Å². The number of aryl methyl sites for hydroxylation is 1. The molecule has 0 radical (unpaired) electrons. The predicted molar refractivity (Wildman–Crippen MR) is 94.4 cm³/mol. The SMILES string of the molecule is CSc1nc(-c2ccco2)nc(C)c1C(=O)NCCc1nccs1. The highest BCUT2D eigenvalue weighted by Gasteiger charge is 2.19. The van der Waals surface area contributed by atoms with Crippen molar-refractivity contribution in [1.29, 1.82) is 0 Å². The quantitative estimate of drug-likeness (QED) is 0.537. The monoisotopic (exact) mass is 360 g/mol. The lowest BCUT2D eigenvalue weighted by atomic mass is 10.2. The number of thiazole rings is 1. The van der Waals surface area contributed by atoms with Crippen LogP contribution < -0.4 is 5.32 Å². The third-order valence-electron chi connectivity index (χ3n) is 3.33. The average Bonchev–Trinajstić information content (AvgIpc) is 3.27. The fourth-order valence-electron chi connectivity index (χ4n) is 2.22. The van der Waals surface area contributed by atoms with E-state index in [1.165, 1.54) is 11.8 Å². The molecule has 0 aliphatic heterocycles. The molecule has 124 valence electrons. The maximum atomic E-state index is 12.5. The van der Waals surface area contributed by atoms with Gasteiger partial charge in [-0.1, -0.05) is 0 Å². The van der Waals surface area contributed by atoms with Gasteiger partial charge >= 0.3 is 0 Å². The standard InChI is InChI=1S/C16H16N4O2S2/c1-10-13(15(21)18-6-5-12-17-7-9-24-12)16(23-2)20-14(19-10)11-4-3-8-22-11/h3-4,7-9H,5-6H2,1-2H3,(H,18,21). The van der Waals surface area contributed by atoms with E-state index in [1.807, 2.05) is 18.6 Å². The summed E-state index contributed by atoms with van der Waals surface area (Å²) in [5.74, 6) is 0.907. The van der Waals surface area contributed by atoms with E-state index < -0.39 is 0 Å². The molecule has 8 heteroatoms. The lowest BCUT2D eigenvalue weighted by molar-refractivity contribution is 0.0949. The molecule has 0 saturated carbocycles. The molecule has 0 atom stereocenters. The van der Waals surface area contributed by atoms with Crippen molar-refractivity contribution in [3.63, 3.8) is 0 Å². The number of carbonyl (C=O) groups is 1. The summed E-state index contributed by atoms with van der Waals surface area (Å²) in [4.78, 5) is 25.6. The molecule has 0 bridgehead atoms. The van der Waals surface area contributed by atoms with Gasteiger partial charge in [0.1, 0.15) is 5.03 Å². The second kappa shape index (κ2) is 7.59. The Balaban J connectivity index is 1.77. The maximum Gasteiger partial charge on any atom is 0.255 e. The van der Waals surface area contributed by atoms with Crippen LogP contribution in [0.15, 0.2) is 39.4 Å². The highest BCUT2D eigenvalue weighted by atomic mass is 32.2. The van der Waals surface area contributed by atoms with Crippen molar-refractivity contribution in [2.45, 2.75) is 18.4 Å². The van der Waals surface area contributed by atoms with E-state index in [-0.39, 0.29) is 5.91 Å². The molecule has 0 unspecified atom stereocenters. The van der Waals surface area contributed by atoms with E-state index in [0.717, 1.165) is 5.01 Å². The normalized spacial score (nSPS) is 10.8. The first-order valence-corrected chi connectivity index (χ1v) is 9.42. The van der Waals surface area contributed by atoms with Gasteiger partial charge in [0, 0.05) is 24.5 Å². The van der Waals surface area contributed by atoms with Crippen LogP contribution in [0.4, 0.5) is 0 Å². The zero-order chi connectivity index (χ0) is 16.9. The number of thioether (sulfide) groups is 1. The van der Waals surface area contributed by atoms with E-state index in [9.17, 15) is 4.79 Å². The van der Waals surface area contributed by atoms with E-state index in [2.05, 4.69) is 20.3 Å². The Morgan fingerprint density at radius 1 is 1.42 bits per heavy atom. The summed E-state index contributed by atoms with van der Waals surface area (Å²) in [6.07, 6.45) is 5.94. The Bertz CT molecular complexity index is 817. The number of nitrogens with zero attached hydrogens (tertiary/aromatic N) is 3. The molecule has 0 spiro atoms. The Labute approximate surface area is 147 Å². The first kappa shape index (κ1) is 16.7. The molecule has 3 rings (SSSR count). The van der Waals surface area contributed by atoms with Gasteiger partial charge < -0.3 is 9.73 Å². The van der Waals surface area contributed by atoms with Crippen molar-refractivity contribution in [3.05, 3.63) is 46.2 Å². The van der Waals surface area contributed by atoms with Crippen molar-refractivity contribution < 1.29 is 9.21 Å². The second-order valence-electron chi connectivity index (χ2n) is 4.93. The van der Waals surface area contributed by atoms with Crippen molar-refractivity contribution in [3.8, 4) is 11.6 Å². The van der Waals surface area contributed by atoms with Crippen molar-refractivity contribution >= 4 is 29.0 Å². The van der Waals surface area contributed by atoms with Crippen molar-refractivity contribution in [2.24, 2.45) is 0 Å². The van der Waals surface area contributed by atoms with Gasteiger partial charge in [0.2, 0.25) is 0 Å². The summed E-state index contributed by atoms with van der Waals surface area (Å²) in [5, 5.41) is 6.48. The van der Waals surface area contributed by atoms with Crippen LogP contribution >= 0.6 is 23.1 Å². The summed E-state index contributed by atoms with van der Waals surface area (Å²) in [6, 6.07) is 3.58. The molecule has 0 aliphatic rings. The van der Waals surface area contributed by atoms with E-state index in [0.29, 0.717) is 40.8 Å². The third-order valence-corrected chi connectivity index (χ3v) is 4.85. The van der Waals surface area contributed by atoms with Crippen molar-refractivity contribution in [1.82, 2.24) is 20.3 Å². The molecule has 1 amide bonds. The van der Waals surface area contributed by atoms with Crippen LogP contribution in [0.3, 0.4) is 0 Å². The van der Waals surface area contributed by atoms with Gasteiger partial charge in [0.05, 0.1) is 22.5 Å². The highest BCUT2D eigenvalue weighted by molar-refractivity contribution is 7.98. The van der Waals surface area contributed by atoms with Gasteiger partial charge in [-0.15, -0.1) is 23.1 Å². The number of nitrogens with one attached hydrogen (secondary N) is 1. The molecular formula is C16H16N4O2S2. The van der Waals surface area contributed by atoms with Gasteiger partial charge in [-0.05, 0) is 25.3 Å². The summed E-state index contributed by atoms with van der Waals surface area (Å²) >= 11 is 3.00. The van der Waals surface area contributed by atoms with Gasteiger partial charge in [0.25, 0.3) is 5.91 Å². The number of rotatable bonds is 6. The molecule has 0 fully saturated rings. The maximum absolute atomic E-state index is 12.5. The van der Waals surface area contributed by atoms with Crippen LogP contribution in [0.2, 0.25) is 0 Å². The molecule has 0 aliphatic carbocycles. The van der Waals surface area contributed by atoms with Gasteiger partial charge in [0.15, 0.2) is 11.6 Å². The van der Waals surface area contributed by atoms with Gasteiger partial charge in [-0.2, -0.15) is 0 Å². The molecular weight excluding hydrogens is 344 g/mol. The Hall–Kier alpha value is -2.19. The zero-order valence-corrected chi connectivity index (χ0v) is 14.9. The second-order valence-corrected chi connectivity index (χ2v) is 6.70. The van der Waals surface area contributed by atoms with Gasteiger partial charge in [-0.3, -0.25) is 4.79 Å². The topological polar surface area (TPSA) is 80.9 Å². The first-order valence-electron chi connectivity index (χ1n) is 7.32. The highest BCUT2D eigenvalue weighted by Crippen LogP contribution is 2.25. The molecule has 3 heterocycles. The zero-order valence-electron chi connectivity index (χ0n) is 13.3. The van der Waals surface area contributed by atoms with Crippen LogP contribution in [0, 0.1) is 6.92 Å². The number of hydrogen-bond donors (Lipinski definition) is 1. The minimum Gasteiger partial charge on any atom is -0.461 e. The van der Waals surface area contributed by atoms with Gasteiger partial charge in [-0.25, -0.2) is 15.0 Å². The minimum atomic E-state index is -0.167. The molecule has 24 heavy (non-hydrogen) atoms. The molecule has 3 aromatic rings. The Kier molecular flexibility index (Phi) is 5.27. The average molecular weight is 360 g/mol. The summed E-state index contributed by atoms with van der Waals surface area (Å²) in [7, 11) is 0. The lowest BCUT2D eigenvalue weighted by Crippen LogP contribution is -2.27. The first-order chi connectivity index (χ1) is 11.7. The number of hydrogen-bond acceptors (Lipinski definition) is 7. The molecule has 3 aromatic heterocycles. The van der Waals surface area contributed by atoms with Crippen molar-refractivity contribution in [2.75, 3.05) is 12.8 Å². The predicted octanol–water partition coefficient (Wildman–Crippen LogP) is 3.20. The number of amides is 1. The number of aromatic nitrogens is 3. The molecule has 6 nitrogen and oxygen atoms in total. The molecule has 1 N–H and O–H groups in total. The van der Waals surface area contributed by atoms with Crippen LogP contribution in [0.5, 0.6) is 0 Å². The summed E-state index contributed by atoms with van der Waals surface area (Å²) in [6.45, 7) is 2.34. The van der Waals surface area contributed by atoms with E-state index >= 15 is 0 Å². The molecule has 0 saturated heterocycles. The van der Waals surface area contributed by atoms with Crippen LogP contribution in [0.25, 0.3) is 11.6 Å². The fourth-order valence-corrected chi connectivity index (χ4v) is 3.46. The lowest BCUT2D eigenvalue weighted by Gasteiger charge is -2.11. The Morgan fingerprint density at radius 2 is 2.29 bits per heavy atom. The Morgan fingerprint density at radius 3 is 2.96 bits per heavy atom. The summed E-state index contributed by atoms with van der Waals surface area (Å²) in [5.41, 5.74) is 1.14. The largest absolute Gasteiger partial charge is 0.461 e. The number of furan rings is 1. The smallest absolute Gasteiger partial charge is 0.255 e. The van der Waals surface area contributed by atoms with Crippen LogP contribution in [-0.2, 0) is 6.42 Å². The fraction of sp³-hybridized carbons (Fsp3) is 0.250. The minimum absolute atomic E-state index is 0.167. The third kappa shape index (κ3) is 3.65. The number of carbonyl (C=O) groups excluding carboxylic acids is 1. The summed E-state index contributed by atoms with van der Waals surface area (Å²) < 4.78 is 5.34. The van der Waals surface area contributed by atoms with Crippen LogP contribution in [0.1, 0.15) is 21.1 Å². The van der Waals surface area contributed by atoms with E-state index in [4.69, 9.17) is 4.42 Å². The van der Waals surface area contributed by atoms with E-state index in [1.54, 1.807) is 35.9 Å².